The number of nitriles is 1. The fourth-order valence-corrected chi connectivity index (χ4v) is 6.97. The van der Waals surface area contributed by atoms with Gasteiger partial charge in [-0.15, -0.1) is 16.4 Å². The minimum Gasteiger partial charge on any atom is -0.373 e. The lowest BCUT2D eigenvalue weighted by atomic mass is 9.96. The molecule has 3 aromatic heterocycles. The number of halogens is 3. The molecule has 4 heterocycles. The number of nitrogens with zero attached hydrogens (tertiary/aromatic N) is 6. The number of hydrogen-bond donors (Lipinski definition) is 2. The summed E-state index contributed by atoms with van der Waals surface area (Å²) in [5.74, 6) is -0.527. The van der Waals surface area contributed by atoms with Gasteiger partial charge in [0.2, 0.25) is 0 Å². The summed E-state index contributed by atoms with van der Waals surface area (Å²) in [7, 11) is 0. The maximum atomic E-state index is 13.8. The molecule has 2 aromatic carbocycles. The first-order valence-electron chi connectivity index (χ1n) is 14.0. The zero-order valence-electron chi connectivity index (χ0n) is 23.8. The van der Waals surface area contributed by atoms with Crippen LogP contribution in [0.3, 0.4) is 0 Å². The Hall–Kier alpha value is -3.75. The van der Waals surface area contributed by atoms with E-state index in [0.717, 1.165) is 37.4 Å². The van der Waals surface area contributed by atoms with Crippen LogP contribution in [0.25, 0.3) is 10.9 Å². The van der Waals surface area contributed by atoms with Gasteiger partial charge in [-0.1, -0.05) is 35.3 Å². The molecule has 0 radical (unpaired) electrons. The molecule has 12 heteroatoms. The molecule has 0 saturated carbocycles. The number of hydrogen-bond acceptors (Lipinski definition) is 8. The van der Waals surface area contributed by atoms with E-state index in [1.54, 1.807) is 17.4 Å². The molecule has 0 fully saturated rings. The van der Waals surface area contributed by atoms with Crippen molar-refractivity contribution in [3.8, 4) is 6.07 Å². The number of rotatable bonds is 8. The molecule has 0 spiro atoms. The third kappa shape index (κ3) is 5.78. The largest absolute Gasteiger partial charge is 0.373 e. The van der Waals surface area contributed by atoms with Gasteiger partial charge in [0.05, 0.1) is 39.1 Å². The van der Waals surface area contributed by atoms with Crippen LogP contribution in [0.1, 0.15) is 60.1 Å². The highest BCUT2D eigenvalue weighted by atomic mass is 35.5. The summed E-state index contributed by atoms with van der Waals surface area (Å²) in [6.07, 6.45) is 4.41. The Morgan fingerprint density at radius 2 is 1.98 bits per heavy atom. The maximum absolute atomic E-state index is 13.8. The molecule has 2 N–H and O–H groups in total. The second-order valence-electron chi connectivity index (χ2n) is 10.8. The van der Waals surface area contributed by atoms with Crippen molar-refractivity contribution >= 4 is 62.5 Å². The van der Waals surface area contributed by atoms with Crippen LogP contribution in [0.5, 0.6) is 0 Å². The summed E-state index contributed by atoms with van der Waals surface area (Å²) < 4.78 is 15.7. The lowest BCUT2D eigenvalue weighted by Crippen LogP contribution is -2.30. The summed E-state index contributed by atoms with van der Waals surface area (Å²) in [5.41, 5.74) is 5.90. The van der Waals surface area contributed by atoms with E-state index >= 15 is 0 Å². The zero-order valence-corrected chi connectivity index (χ0v) is 26.2. The van der Waals surface area contributed by atoms with Crippen LogP contribution in [-0.2, 0) is 13.0 Å². The lowest BCUT2D eigenvalue weighted by molar-refractivity contribution is 0.271. The Morgan fingerprint density at radius 3 is 2.70 bits per heavy atom. The van der Waals surface area contributed by atoms with Gasteiger partial charge >= 0.3 is 0 Å². The molecule has 6 rings (SSSR count). The van der Waals surface area contributed by atoms with E-state index in [9.17, 15) is 9.65 Å². The quantitative estimate of drug-likeness (QED) is 0.178. The van der Waals surface area contributed by atoms with Crippen molar-refractivity contribution in [1.82, 2.24) is 24.9 Å². The van der Waals surface area contributed by atoms with Crippen LogP contribution < -0.4 is 10.6 Å². The highest BCUT2D eigenvalue weighted by Gasteiger charge is 2.28. The number of nitrogens with one attached hydrogen (secondary N) is 2. The number of thiophene rings is 1. The predicted octanol–water partition coefficient (Wildman–Crippen LogP) is 8.11. The number of benzene rings is 2. The smallest absolute Gasteiger partial charge is 0.141 e. The normalized spacial score (nSPS) is 14.1. The van der Waals surface area contributed by atoms with Gasteiger partial charge in [-0.2, -0.15) is 5.26 Å². The van der Waals surface area contributed by atoms with Crippen molar-refractivity contribution in [2.75, 3.05) is 23.7 Å². The van der Waals surface area contributed by atoms with Crippen molar-refractivity contribution in [3.05, 3.63) is 91.2 Å². The summed E-state index contributed by atoms with van der Waals surface area (Å²) in [6, 6.07) is 10.1. The van der Waals surface area contributed by atoms with Gasteiger partial charge in [0.15, 0.2) is 0 Å². The fraction of sp³-hybridized carbons (Fsp3) is 0.290. The first kappa shape index (κ1) is 29.3. The highest BCUT2D eigenvalue weighted by molar-refractivity contribution is 7.10. The van der Waals surface area contributed by atoms with Crippen molar-refractivity contribution in [2.45, 2.75) is 45.8 Å². The van der Waals surface area contributed by atoms with Crippen LogP contribution in [0.4, 0.5) is 21.5 Å². The third-order valence-corrected chi connectivity index (χ3v) is 9.32. The van der Waals surface area contributed by atoms with E-state index in [-0.39, 0.29) is 17.1 Å². The van der Waals surface area contributed by atoms with Gasteiger partial charge in [0.25, 0.3) is 0 Å². The Morgan fingerprint density at radius 1 is 1.16 bits per heavy atom. The molecule has 1 unspecified atom stereocenters. The number of likely N-dealkylation sites (N-methyl/N-ethyl adjacent to an activating group) is 1. The molecule has 0 saturated heterocycles. The minimum absolute atomic E-state index is 0.0271. The molecule has 1 aliphatic rings. The molecule has 0 aliphatic carbocycles. The van der Waals surface area contributed by atoms with Gasteiger partial charge in [-0.05, 0) is 73.7 Å². The van der Waals surface area contributed by atoms with Gasteiger partial charge in [-0.3, -0.25) is 9.88 Å². The Balaban J connectivity index is 1.45. The van der Waals surface area contributed by atoms with Crippen LogP contribution in [-0.4, -0.2) is 38.0 Å². The van der Waals surface area contributed by atoms with Gasteiger partial charge < -0.3 is 10.6 Å². The molecule has 0 bridgehead atoms. The summed E-state index contributed by atoms with van der Waals surface area (Å²) in [4.78, 5) is 8.29. The predicted molar refractivity (Wildman–Crippen MR) is 171 cm³/mol. The van der Waals surface area contributed by atoms with E-state index in [1.165, 1.54) is 34.3 Å². The monoisotopic (exact) mass is 634 g/mol. The molecular formula is C31H29Cl2FN8S. The van der Waals surface area contributed by atoms with E-state index in [1.807, 2.05) is 23.0 Å². The van der Waals surface area contributed by atoms with E-state index in [2.05, 4.69) is 63.1 Å². The Labute approximate surface area is 263 Å². The average molecular weight is 636 g/mol. The molecule has 1 aliphatic heterocycles. The lowest BCUT2D eigenvalue weighted by Gasteiger charge is -2.27. The molecule has 220 valence electrons. The van der Waals surface area contributed by atoms with Crippen LogP contribution in [0.2, 0.25) is 10.0 Å². The van der Waals surface area contributed by atoms with E-state index in [4.69, 9.17) is 23.2 Å². The highest BCUT2D eigenvalue weighted by Crippen LogP contribution is 2.39. The van der Waals surface area contributed by atoms with Crippen molar-refractivity contribution in [1.29, 1.82) is 5.26 Å². The number of pyridine rings is 1. The third-order valence-electron chi connectivity index (χ3n) is 7.71. The van der Waals surface area contributed by atoms with E-state index in [0.29, 0.717) is 32.9 Å². The molecular weight excluding hydrogens is 606 g/mol. The molecule has 5 aromatic rings. The fourth-order valence-electron chi connectivity index (χ4n) is 5.35. The molecule has 43 heavy (non-hydrogen) atoms. The number of fused-ring (bicyclic) bond motifs is 2. The first-order valence-corrected chi connectivity index (χ1v) is 15.6. The summed E-state index contributed by atoms with van der Waals surface area (Å²) in [5, 5.41) is 29.1. The number of aromatic nitrogens is 4. The van der Waals surface area contributed by atoms with Crippen LogP contribution in [0, 0.1) is 17.1 Å². The van der Waals surface area contributed by atoms with E-state index < -0.39 is 5.82 Å². The Kier molecular flexibility index (Phi) is 8.25. The first-order chi connectivity index (χ1) is 20.7. The van der Waals surface area contributed by atoms with Crippen molar-refractivity contribution < 1.29 is 4.39 Å². The molecule has 8 nitrogen and oxygen atoms in total. The van der Waals surface area contributed by atoms with Gasteiger partial charge in [0.1, 0.15) is 17.6 Å². The SMILES string of the molecule is CCN1CCc2c(C(Nc3cc(Cl)c4ncc(C#N)c(Nc5ccc(F)c(Cl)c5)c4c3)c3cn(C(C)C)nn3)csc2C1. The molecule has 0 amide bonds. The van der Waals surface area contributed by atoms with Crippen molar-refractivity contribution in [2.24, 2.45) is 0 Å². The van der Waals surface area contributed by atoms with Crippen LogP contribution >= 0.6 is 34.5 Å². The maximum Gasteiger partial charge on any atom is 0.141 e. The van der Waals surface area contributed by atoms with Crippen LogP contribution in [0.15, 0.2) is 48.1 Å². The second kappa shape index (κ2) is 12.1. The van der Waals surface area contributed by atoms with Gasteiger partial charge in [0, 0.05) is 47.0 Å². The topological polar surface area (TPSA) is 94.7 Å². The second-order valence-corrected chi connectivity index (χ2v) is 12.6. The Bertz CT molecular complexity index is 1860. The van der Waals surface area contributed by atoms with Crippen molar-refractivity contribution in [3.63, 3.8) is 0 Å². The number of anilines is 3. The summed E-state index contributed by atoms with van der Waals surface area (Å²) in [6.45, 7) is 9.29. The summed E-state index contributed by atoms with van der Waals surface area (Å²) >= 11 is 14.6. The minimum atomic E-state index is -0.527. The van der Waals surface area contributed by atoms with Gasteiger partial charge in [-0.25, -0.2) is 9.07 Å². The molecule has 1 atom stereocenters. The standard InChI is InChI=1S/C31H29Cl2FN8S/c1-4-41-8-7-21-23(16-43-28(21)15-41)31(27-14-42(17(2)3)40-39-27)38-20-9-22-29(37-19-5-6-26(34)24(32)10-19)18(12-35)13-36-30(22)25(33)11-20/h5-6,9-11,13-14,16-17,31,38H,4,7-8,15H2,1-3H3,(H,36,37). The zero-order chi connectivity index (χ0) is 30.2. The average Bonchev–Trinajstić information content (AvgIpc) is 3.66.